The molecule has 1 aliphatic rings. The number of amides is 1. The Morgan fingerprint density at radius 3 is 2.84 bits per heavy atom. The predicted molar refractivity (Wildman–Crippen MR) is 76.1 cm³/mol. The molecular weight excluding hydrogens is 238 g/mol. The van der Waals surface area contributed by atoms with E-state index in [1.165, 1.54) is 0 Å². The number of hydrogen-bond acceptors (Lipinski definition) is 2. The Bertz CT molecular complexity index is 421. The van der Waals surface area contributed by atoms with E-state index in [1.807, 2.05) is 11.0 Å². The second-order valence-electron chi connectivity index (χ2n) is 5.94. The van der Waals surface area contributed by atoms with Gasteiger partial charge in [-0.25, -0.2) is 0 Å². The van der Waals surface area contributed by atoms with Crippen LogP contribution in [0.25, 0.3) is 0 Å². The highest BCUT2D eigenvalue weighted by Gasteiger charge is 2.33. The smallest absolute Gasteiger partial charge is 0.274 e. The van der Waals surface area contributed by atoms with Crippen molar-refractivity contribution in [1.82, 2.24) is 15.1 Å². The van der Waals surface area contributed by atoms with E-state index in [4.69, 9.17) is 0 Å². The van der Waals surface area contributed by atoms with Crippen LogP contribution in [0.5, 0.6) is 0 Å². The number of nitrogens with zero attached hydrogens (tertiary/aromatic N) is 2. The van der Waals surface area contributed by atoms with Crippen LogP contribution in [0, 0.1) is 5.92 Å². The van der Waals surface area contributed by atoms with E-state index in [2.05, 4.69) is 31.0 Å². The molecule has 106 valence electrons. The molecule has 19 heavy (non-hydrogen) atoms. The Morgan fingerprint density at radius 1 is 1.53 bits per heavy atom. The first kappa shape index (κ1) is 14.1. The van der Waals surface area contributed by atoms with Gasteiger partial charge in [0, 0.05) is 18.3 Å². The van der Waals surface area contributed by atoms with Crippen molar-refractivity contribution >= 4 is 5.91 Å². The van der Waals surface area contributed by atoms with E-state index >= 15 is 0 Å². The SMILES string of the molecule is CCCc1cc(C(=O)N(CCC(C)C)C2CC2)n[nH]1. The number of aromatic nitrogens is 2. The summed E-state index contributed by atoms with van der Waals surface area (Å²) >= 11 is 0. The molecule has 0 bridgehead atoms. The van der Waals surface area contributed by atoms with Crippen LogP contribution in [-0.4, -0.2) is 33.6 Å². The van der Waals surface area contributed by atoms with Crippen LogP contribution in [0.2, 0.25) is 0 Å². The van der Waals surface area contributed by atoms with Gasteiger partial charge in [0.05, 0.1) is 0 Å². The Labute approximate surface area is 115 Å². The molecule has 1 amide bonds. The molecule has 1 N–H and O–H groups in total. The van der Waals surface area contributed by atoms with Gasteiger partial charge in [0.15, 0.2) is 0 Å². The van der Waals surface area contributed by atoms with Gasteiger partial charge >= 0.3 is 0 Å². The van der Waals surface area contributed by atoms with Gasteiger partial charge in [-0.2, -0.15) is 5.10 Å². The van der Waals surface area contributed by atoms with Gasteiger partial charge in [-0.05, 0) is 37.7 Å². The Balaban J connectivity index is 2.01. The molecule has 0 aliphatic heterocycles. The molecule has 0 spiro atoms. The van der Waals surface area contributed by atoms with Crippen LogP contribution in [0.1, 0.15) is 62.6 Å². The standard InChI is InChI=1S/C15H25N3O/c1-4-5-12-10-14(17-16-12)15(19)18(13-6-7-13)9-8-11(2)3/h10-11,13H,4-9H2,1-3H3,(H,16,17). The summed E-state index contributed by atoms with van der Waals surface area (Å²) < 4.78 is 0. The lowest BCUT2D eigenvalue weighted by Crippen LogP contribution is -2.34. The lowest BCUT2D eigenvalue weighted by atomic mass is 10.1. The third-order valence-corrected chi connectivity index (χ3v) is 3.57. The maximum absolute atomic E-state index is 12.5. The van der Waals surface area contributed by atoms with Crippen molar-refractivity contribution < 1.29 is 4.79 Å². The highest BCUT2D eigenvalue weighted by Crippen LogP contribution is 2.28. The average Bonchev–Trinajstić information content (AvgIpc) is 3.09. The van der Waals surface area contributed by atoms with Crippen LogP contribution in [0.15, 0.2) is 6.07 Å². The van der Waals surface area contributed by atoms with Crippen molar-refractivity contribution in [2.75, 3.05) is 6.54 Å². The third-order valence-electron chi connectivity index (χ3n) is 3.57. The summed E-state index contributed by atoms with van der Waals surface area (Å²) in [6, 6.07) is 2.37. The molecule has 1 aromatic rings. The van der Waals surface area contributed by atoms with Gasteiger partial charge in [-0.3, -0.25) is 9.89 Å². The maximum Gasteiger partial charge on any atom is 0.274 e. The fourth-order valence-electron chi connectivity index (χ4n) is 2.25. The van der Waals surface area contributed by atoms with Gasteiger partial charge < -0.3 is 4.90 Å². The Kier molecular flexibility index (Phi) is 4.61. The summed E-state index contributed by atoms with van der Waals surface area (Å²) in [6.45, 7) is 7.38. The number of H-pyrrole nitrogens is 1. The summed E-state index contributed by atoms with van der Waals surface area (Å²) in [7, 11) is 0. The second kappa shape index (κ2) is 6.22. The summed E-state index contributed by atoms with van der Waals surface area (Å²) in [5.74, 6) is 0.727. The van der Waals surface area contributed by atoms with Gasteiger partial charge in [0.1, 0.15) is 5.69 Å². The normalized spacial score (nSPS) is 14.9. The Hall–Kier alpha value is -1.32. The number of nitrogens with one attached hydrogen (secondary N) is 1. The Morgan fingerprint density at radius 2 is 2.26 bits per heavy atom. The first-order valence-corrected chi connectivity index (χ1v) is 7.47. The molecule has 4 nitrogen and oxygen atoms in total. The first-order chi connectivity index (χ1) is 9.11. The van der Waals surface area contributed by atoms with E-state index < -0.39 is 0 Å². The molecule has 0 atom stereocenters. The lowest BCUT2D eigenvalue weighted by molar-refractivity contribution is 0.0729. The fraction of sp³-hybridized carbons (Fsp3) is 0.733. The van der Waals surface area contributed by atoms with Crippen molar-refractivity contribution in [3.8, 4) is 0 Å². The molecule has 1 aliphatic carbocycles. The van der Waals surface area contributed by atoms with Crippen molar-refractivity contribution in [2.45, 2.75) is 58.9 Å². The van der Waals surface area contributed by atoms with Gasteiger partial charge in [-0.15, -0.1) is 0 Å². The molecular formula is C15H25N3O. The fourth-order valence-corrected chi connectivity index (χ4v) is 2.25. The zero-order valence-corrected chi connectivity index (χ0v) is 12.3. The summed E-state index contributed by atoms with van der Waals surface area (Å²) in [6.07, 6.45) is 5.38. The minimum atomic E-state index is 0.0988. The van der Waals surface area contributed by atoms with E-state index in [9.17, 15) is 4.79 Å². The van der Waals surface area contributed by atoms with Crippen LogP contribution in [0.4, 0.5) is 0 Å². The van der Waals surface area contributed by atoms with E-state index in [1.54, 1.807) is 0 Å². The maximum atomic E-state index is 12.5. The van der Waals surface area contributed by atoms with Crippen molar-refractivity contribution in [3.63, 3.8) is 0 Å². The van der Waals surface area contributed by atoms with E-state index in [0.717, 1.165) is 44.3 Å². The number of aryl methyl sites for hydroxylation is 1. The first-order valence-electron chi connectivity index (χ1n) is 7.47. The minimum Gasteiger partial charge on any atom is -0.334 e. The molecule has 0 radical (unpaired) electrons. The van der Waals surface area contributed by atoms with Gasteiger partial charge in [-0.1, -0.05) is 27.2 Å². The summed E-state index contributed by atoms with van der Waals surface area (Å²) in [4.78, 5) is 14.5. The van der Waals surface area contributed by atoms with Crippen molar-refractivity contribution in [3.05, 3.63) is 17.5 Å². The zero-order chi connectivity index (χ0) is 13.8. The molecule has 0 saturated heterocycles. The van der Waals surface area contributed by atoms with E-state index in [-0.39, 0.29) is 5.91 Å². The van der Waals surface area contributed by atoms with Crippen LogP contribution < -0.4 is 0 Å². The van der Waals surface area contributed by atoms with Crippen molar-refractivity contribution in [2.24, 2.45) is 5.92 Å². The highest BCUT2D eigenvalue weighted by atomic mass is 16.2. The summed E-state index contributed by atoms with van der Waals surface area (Å²) in [5.41, 5.74) is 1.64. The highest BCUT2D eigenvalue weighted by molar-refractivity contribution is 5.92. The third kappa shape index (κ3) is 3.82. The molecule has 1 aromatic heterocycles. The second-order valence-corrected chi connectivity index (χ2v) is 5.94. The number of aromatic amines is 1. The molecule has 4 heteroatoms. The summed E-state index contributed by atoms with van der Waals surface area (Å²) in [5, 5.41) is 7.15. The average molecular weight is 263 g/mol. The topological polar surface area (TPSA) is 49.0 Å². The number of carbonyl (C=O) groups is 1. The largest absolute Gasteiger partial charge is 0.334 e. The quantitative estimate of drug-likeness (QED) is 0.822. The predicted octanol–water partition coefficient (Wildman–Crippen LogP) is 3.01. The monoisotopic (exact) mass is 263 g/mol. The number of rotatable bonds is 7. The molecule has 1 saturated carbocycles. The van der Waals surface area contributed by atoms with Crippen LogP contribution in [-0.2, 0) is 6.42 Å². The minimum absolute atomic E-state index is 0.0988. The molecule has 0 unspecified atom stereocenters. The zero-order valence-electron chi connectivity index (χ0n) is 12.3. The van der Waals surface area contributed by atoms with Crippen LogP contribution >= 0.6 is 0 Å². The molecule has 1 fully saturated rings. The van der Waals surface area contributed by atoms with Crippen LogP contribution in [0.3, 0.4) is 0 Å². The molecule has 2 rings (SSSR count). The number of carbonyl (C=O) groups excluding carboxylic acids is 1. The number of hydrogen-bond donors (Lipinski definition) is 1. The molecule has 1 heterocycles. The van der Waals surface area contributed by atoms with Gasteiger partial charge in [0.2, 0.25) is 0 Å². The lowest BCUT2D eigenvalue weighted by Gasteiger charge is -2.22. The van der Waals surface area contributed by atoms with E-state index in [0.29, 0.717) is 17.7 Å². The van der Waals surface area contributed by atoms with Gasteiger partial charge in [0.25, 0.3) is 5.91 Å². The van der Waals surface area contributed by atoms with Crippen molar-refractivity contribution in [1.29, 1.82) is 0 Å². The molecule has 0 aromatic carbocycles.